The Kier molecular flexibility index (Phi) is 41.5. The van der Waals surface area contributed by atoms with Crippen molar-refractivity contribution in [1.29, 1.82) is 0 Å². The molecule has 0 aliphatic carbocycles. The van der Waals surface area contributed by atoms with Crippen molar-refractivity contribution in [3.8, 4) is 0 Å². The number of amides is 2. The lowest BCUT2D eigenvalue weighted by Gasteiger charge is -2.18. The number of rotatable bonds is 18. The van der Waals surface area contributed by atoms with Gasteiger partial charge in [0.2, 0.25) is 11.8 Å². The van der Waals surface area contributed by atoms with Crippen LogP contribution in [0.2, 0.25) is 0 Å². The van der Waals surface area contributed by atoms with Crippen molar-refractivity contribution < 1.29 is 86.0 Å². The van der Waals surface area contributed by atoms with Gasteiger partial charge in [0.15, 0.2) is 0 Å². The van der Waals surface area contributed by atoms with Crippen molar-refractivity contribution in [2.24, 2.45) is 0 Å². The molecule has 0 fully saturated rings. The maximum Gasteiger partial charge on any atom is 0.333 e. The lowest BCUT2D eigenvalue weighted by molar-refractivity contribution is -0.156. The second-order valence-electron chi connectivity index (χ2n) is 14.6. The number of carbonyl (C=O) groups is 13. The zero-order valence-electron chi connectivity index (χ0n) is 40.3. The van der Waals surface area contributed by atoms with E-state index >= 15 is 0 Å². The van der Waals surface area contributed by atoms with Crippen LogP contribution in [0.3, 0.4) is 0 Å². The Morgan fingerprint density at radius 1 is 0.554 bits per heavy atom. The minimum Gasteiger partial charge on any atom is -0.469 e. The molecule has 0 bridgehead atoms. The number of methoxy groups -OCH3 is 1. The molecule has 0 atom stereocenters. The molecule has 0 saturated heterocycles. The summed E-state index contributed by atoms with van der Waals surface area (Å²) >= 11 is 0. The van der Waals surface area contributed by atoms with E-state index in [9.17, 15) is 62.3 Å². The summed E-state index contributed by atoms with van der Waals surface area (Å²) < 4.78 is 22.9. The molecule has 366 valence electrons. The first-order valence-corrected chi connectivity index (χ1v) is 19.7. The number of ketones is 6. The third-order valence-electron chi connectivity index (χ3n) is 5.82. The summed E-state index contributed by atoms with van der Waals surface area (Å²) in [5.41, 5.74) is 0.505. The molecule has 1 aromatic carbocycles. The molecule has 0 saturated carbocycles. The van der Waals surface area contributed by atoms with E-state index in [-0.39, 0.29) is 104 Å². The number of benzene rings is 1. The lowest BCUT2D eigenvalue weighted by Crippen LogP contribution is -2.24. The van der Waals surface area contributed by atoms with E-state index in [1.165, 1.54) is 60.5 Å². The summed E-state index contributed by atoms with van der Waals surface area (Å²) in [5, 5.41) is 2.61. The molecule has 65 heavy (non-hydrogen) atoms. The zero-order valence-corrected chi connectivity index (χ0v) is 40.3. The Hall–Kier alpha value is -6.73. The largest absolute Gasteiger partial charge is 0.469 e. The van der Waals surface area contributed by atoms with Crippen LogP contribution in [0.5, 0.6) is 0 Å². The number of esters is 5. The number of Topliss-reactive ketones (excluding diaryl/α,β-unsaturated/α-hetero) is 6. The zero-order chi connectivity index (χ0) is 51.9. The molecule has 0 spiro atoms. The van der Waals surface area contributed by atoms with Crippen LogP contribution in [0.25, 0.3) is 0 Å². The average Bonchev–Trinajstić information content (AvgIpc) is 3.12. The van der Waals surface area contributed by atoms with Gasteiger partial charge in [-0.15, -0.1) is 0 Å². The maximum absolute atomic E-state index is 11.1. The molecular weight excluding hydrogens is 856 g/mol. The number of ether oxygens (including phenoxy) is 5. The minimum atomic E-state index is -0.617. The van der Waals surface area contributed by atoms with Crippen LogP contribution >= 0.6 is 0 Å². The van der Waals surface area contributed by atoms with E-state index < -0.39 is 35.4 Å². The molecule has 2 amide bonds. The van der Waals surface area contributed by atoms with Crippen molar-refractivity contribution in [1.82, 2.24) is 4.90 Å². The number of para-hydroxylation sites is 1. The van der Waals surface area contributed by atoms with E-state index in [2.05, 4.69) is 30.8 Å². The van der Waals surface area contributed by atoms with Gasteiger partial charge >= 0.3 is 29.8 Å². The first-order chi connectivity index (χ1) is 29.8. The average molecular weight is 925 g/mol. The van der Waals surface area contributed by atoms with Crippen molar-refractivity contribution in [3.63, 3.8) is 0 Å². The second-order valence-corrected chi connectivity index (χ2v) is 14.6. The van der Waals surface area contributed by atoms with Gasteiger partial charge in [0.1, 0.15) is 79.2 Å². The SMILES string of the molecule is C=C(C)C(=O)OCCOC(=O)CC(C)=O.CC(=O)CC(=O)N(C)C.CC(=O)CC(=O)Nc1ccccc1.CC(=O)CC(=O)OC(C)(C)C.CCOC(=O)CC(C)=O.COC(=O)CC(C)=O. The maximum atomic E-state index is 11.1. The van der Waals surface area contributed by atoms with Gasteiger partial charge in [-0.05, 0) is 88.3 Å². The van der Waals surface area contributed by atoms with E-state index in [4.69, 9.17) is 4.74 Å². The van der Waals surface area contributed by atoms with E-state index in [1.807, 2.05) is 18.2 Å². The molecular formula is C45H68N2O18. The highest BCUT2D eigenvalue weighted by molar-refractivity contribution is 6.03. The van der Waals surface area contributed by atoms with Gasteiger partial charge < -0.3 is 33.9 Å². The van der Waals surface area contributed by atoms with Gasteiger partial charge in [-0.2, -0.15) is 0 Å². The monoisotopic (exact) mass is 924 g/mol. The van der Waals surface area contributed by atoms with E-state index in [1.54, 1.807) is 53.9 Å². The van der Waals surface area contributed by atoms with Gasteiger partial charge in [0.05, 0.1) is 26.6 Å². The fourth-order valence-corrected chi connectivity index (χ4v) is 3.26. The van der Waals surface area contributed by atoms with Gasteiger partial charge in [-0.25, -0.2) is 4.79 Å². The van der Waals surface area contributed by atoms with Crippen molar-refractivity contribution in [2.45, 2.75) is 120 Å². The fourth-order valence-electron chi connectivity index (χ4n) is 3.26. The Morgan fingerprint density at radius 2 is 0.938 bits per heavy atom. The molecule has 0 aromatic heterocycles. The van der Waals surface area contributed by atoms with Crippen LogP contribution in [0.4, 0.5) is 5.69 Å². The predicted molar refractivity (Wildman–Crippen MR) is 237 cm³/mol. The Labute approximate surface area is 381 Å². The number of hydrogen-bond donors (Lipinski definition) is 1. The summed E-state index contributed by atoms with van der Waals surface area (Å²) in [6, 6.07) is 9.06. The normalized spacial score (nSPS) is 9.26. The molecule has 0 unspecified atom stereocenters. The molecule has 1 rings (SSSR count). The number of hydrogen-bond acceptors (Lipinski definition) is 18. The Morgan fingerprint density at radius 3 is 1.26 bits per heavy atom. The highest BCUT2D eigenvalue weighted by Crippen LogP contribution is 2.08. The van der Waals surface area contributed by atoms with Gasteiger partial charge in [-0.3, -0.25) is 57.5 Å². The number of nitrogens with one attached hydrogen (secondary N) is 1. The van der Waals surface area contributed by atoms with Crippen LogP contribution in [-0.2, 0) is 86.0 Å². The van der Waals surface area contributed by atoms with Crippen molar-refractivity contribution >= 4 is 82.0 Å². The standard InChI is InChI=1S/C10H11NO2.C10H14O5.C8H14O3.C6H11NO2.C6H10O3.C5H8O3/c1-8(12)7-10(13)11-9-5-3-2-4-6-9;1-7(2)10(13)15-5-4-14-9(12)6-8(3)11;1-6(9)5-7(10)11-8(2,3)4;1-5(8)4-6(9)7(2)3;1-3-9-6(8)4-5(2)7;1-4(6)3-5(7)8-2/h2-6H,7H2,1H3,(H,11,13);1,4-6H2,2-3H3;5H2,1-4H3;4H2,1-3H3;3-4H2,1-2H3;3H2,1-2H3. The van der Waals surface area contributed by atoms with Crippen LogP contribution < -0.4 is 5.32 Å². The number of nitrogens with zero attached hydrogens (tertiary/aromatic N) is 1. The molecule has 0 aliphatic heterocycles. The minimum absolute atomic E-state index is 0.0208. The smallest absolute Gasteiger partial charge is 0.333 e. The Balaban J connectivity index is -0.000000225. The van der Waals surface area contributed by atoms with Crippen molar-refractivity contribution in [3.05, 3.63) is 42.5 Å². The highest BCUT2D eigenvalue weighted by Gasteiger charge is 2.17. The van der Waals surface area contributed by atoms with Crippen molar-refractivity contribution in [2.75, 3.05) is 46.3 Å². The summed E-state index contributed by atoms with van der Waals surface area (Å²) in [5.74, 6) is -3.90. The van der Waals surface area contributed by atoms with Crippen LogP contribution in [0.15, 0.2) is 42.5 Å². The van der Waals surface area contributed by atoms with Gasteiger partial charge in [-0.1, -0.05) is 24.8 Å². The van der Waals surface area contributed by atoms with Crippen LogP contribution in [0.1, 0.15) is 115 Å². The van der Waals surface area contributed by atoms with Crippen LogP contribution in [0, 0.1) is 0 Å². The fraction of sp³-hybridized carbons (Fsp3) is 0.533. The summed E-state index contributed by atoms with van der Waals surface area (Å²) in [4.78, 5) is 138. The van der Waals surface area contributed by atoms with E-state index in [0.717, 1.165) is 0 Å². The molecule has 1 N–H and O–H groups in total. The van der Waals surface area contributed by atoms with E-state index in [0.29, 0.717) is 12.3 Å². The quantitative estimate of drug-likeness (QED) is 0.0707. The molecule has 0 radical (unpaired) electrons. The third kappa shape index (κ3) is 59.4. The van der Waals surface area contributed by atoms with Gasteiger partial charge in [0, 0.05) is 25.4 Å². The number of anilines is 1. The first-order valence-electron chi connectivity index (χ1n) is 19.7. The summed E-state index contributed by atoms with van der Waals surface area (Å²) in [7, 11) is 4.52. The third-order valence-corrected chi connectivity index (χ3v) is 5.82. The number of carbonyl (C=O) groups excluding carboxylic acids is 13. The molecule has 20 nitrogen and oxygen atoms in total. The highest BCUT2D eigenvalue weighted by atomic mass is 16.6. The second kappa shape index (κ2) is 40.1. The molecule has 0 heterocycles. The van der Waals surface area contributed by atoms with Crippen LogP contribution in [-0.4, -0.2) is 128 Å². The Bertz CT molecular complexity index is 1740. The topological polar surface area (TPSA) is 283 Å². The molecule has 1 aromatic rings. The van der Waals surface area contributed by atoms with Gasteiger partial charge in [0.25, 0.3) is 0 Å². The molecule has 20 heteroatoms. The summed E-state index contributed by atoms with van der Waals surface area (Å²) in [6.45, 7) is 20.3. The summed E-state index contributed by atoms with van der Waals surface area (Å²) in [6.07, 6.45) is -0.641. The first kappa shape index (κ1) is 67.3. The predicted octanol–water partition coefficient (Wildman–Crippen LogP) is 4.26. The lowest BCUT2D eigenvalue weighted by atomic mass is 10.2. The molecule has 0 aliphatic rings.